The number of sulfonamides is 1. The molecule has 0 amide bonds. The van der Waals surface area contributed by atoms with Gasteiger partial charge in [0.05, 0.1) is 13.4 Å². The van der Waals surface area contributed by atoms with E-state index in [9.17, 15) is 8.42 Å². The van der Waals surface area contributed by atoms with Crippen LogP contribution in [0, 0.1) is 0 Å². The Kier molecular flexibility index (Phi) is 6.78. The summed E-state index contributed by atoms with van der Waals surface area (Å²) in [4.78, 5) is 0. The van der Waals surface area contributed by atoms with E-state index in [4.69, 9.17) is 4.74 Å². The van der Waals surface area contributed by atoms with Crippen LogP contribution >= 0.6 is 15.9 Å². The molecule has 0 unspecified atom stereocenters. The number of ether oxygens (including phenoxy) is 1. The van der Waals surface area contributed by atoms with Crippen LogP contribution in [-0.4, -0.2) is 34.9 Å². The standard InChI is InChI=1S/C12H19BrN2O3S/c1-18-12-5-4-11(13)8-10(12)9-14-6-3-7-15-19(2,16)17/h4-5,8,14-15H,3,6-7,9H2,1-2H3. The minimum absolute atomic E-state index is 0.446. The van der Waals surface area contributed by atoms with Gasteiger partial charge in [0.25, 0.3) is 0 Å². The highest BCUT2D eigenvalue weighted by molar-refractivity contribution is 9.10. The maximum atomic E-state index is 10.9. The van der Waals surface area contributed by atoms with Gasteiger partial charge in [-0.25, -0.2) is 13.1 Å². The molecule has 2 N–H and O–H groups in total. The highest BCUT2D eigenvalue weighted by atomic mass is 79.9. The van der Waals surface area contributed by atoms with Gasteiger partial charge in [0.15, 0.2) is 0 Å². The van der Waals surface area contributed by atoms with Crippen molar-refractivity contribution in [1.29, 1.82) is 0 Å². The van der Waals surface area contributed by atoms with Gasteiger partial charge in [-0.2, -0.15) is 0 Å². The molecule has 1 aromatic rings. The van der Waals surface area contributed by atoms with Crippen molar-refractivity contribution < 1.29 is 13.2 Å². The first-order chi connectivity index (χ1) is 8.92. The van der Waals surface area contributed by atoms with E-state index >= 15 is 0 Å². The van der Waals surface area contributed by atoms with E-state index in [1.165, 1.54) is 0 Å². The molecule has 0 saturated heterocycles. The molecular weight excluding hydrogens is 332 g/mol. The molecule has 0 aromatic heterocycles. The molecule has 19 heavy (non-hydrogen) atoms. The average Bonchev–Trinajstić information content (AvgIpc) is 2.32. The predicted molar refractivity (Wildman–Crippen MR) is 79.9 cm³/mol. The average molecular weight is 351 g/mol. The Hall–Kier alpha value is -0.630. The minimum atomic E-state index is -3.08. The number of rotatable bonds is 8. The van der Waals surface area contributed by atoms with Gasteiger partial charge in [0.2, 0.25) is 10.0 Å². The number of hydrogen-bond acceptors (Lipinski definition) is 4. The molecule has 5 nitrogen and oxygen atoms in total. The Morgan fingerprint density at radius 3 is 2.68 bits per heavy atom. The lowest BCUT2D eigenvalue weighted by Gasteiger charge is -2.10. The molecule has 0 bridgehead atoms. The zero-order chi connectivity index (χ0) is 14.3. The van der Waals surface area contributed by atoms with E-state index < -0.39 is 10.0 Å². The third kappa shape index (κ3) is 6.91. The third-order valence-electron chi connectivity index (χ3n) is 2.45. The van der Waals surface area contributed by atoms with E-state index in [0.717, 1.165) is 35.0 Å². The van der Waals surface area contributed by atoms with Crippen molar-refractivity contribution in [2.75, 3.05) is 26.5 Å². The number of nitrogens with one attached hydrogen (secondary N) is 2. The normalized spacial score (nSPS) is 11.5. The third-order valence-corrected chi connectivity index (χ3v) is 3.67. The highest BCUT2D eigenvalue weighted by Gasteiger charge is 2.03. The summed E-state index contributed by atoms with van der Waals surface area (Å²) in [6.45, 7) is 1.86. The Bertz CT molecular complexity index is 506. The van der Waals surface area contributed by atoms with Gasteiger partial charge in [-0.05, 0) is 31.2 Å². The second-order valence-electron chi connectivity index (χ2n) is 4.15. The number of hydrogen-bond donors (Lipinski definition) is 2. The maximum Gasteiger partial charge on any atom is 0.208 e. The lowest BCUT2D eigenvalue weighted by Crippen LogP contribution is -2.26. The fourth-order valence-electron chi connectivity index (χ4n) is 1.58. The fraction of sp³-hybridized carbons (Fsp3) is 0.500. The van der Waals surface area contributed by atoms with E-state index in [1.807, 2.05) is 18.2 Å². The first-order valence-electron chi connectivity index (χ1n) is 5.90. The van der Waals surface area contributed by atoms with Crippen molar-refractivity contribution >= 4 is 26.0 Å². The first kappa shape index (κ1) is 16.4. The van der Waals surface area contributed by atoms with Crippen LogP contribution < -0.4 is 14.8 Å². The van der Waals surface area contributed by atoms with Gasteiger partial charge in [-0.15, -0.1) is 0 Å². The van der Waals surface area contributed by atoms with Gasteiger partial charge < -0.3 is 10.1 Å². The Morgan fingerprint density at radius 1 is 1.32 bits per heavy atom. The molecule has 0 radical (unpaired) electrons. The second-order valence-corrected chi connectivity index (χ2v) is 6.90. The van der Waals surface area contributed by atoms with Crippen LogP contribution in [0.1, 0.15) is 12.0 Å². The van der Waals surface area contributed by atoms with Crippen molar-refractivity contribution in [2.24, 2.45) is 0 Å². The molecule has 0 heterocycles. The van der Waals surface area contributed by atoms with Gasteiger partial charge >= 0.3 is 0 Å². The van der Waals surface area contributed by atoms with Crippen LogP contribution in [0.4, 0.5) is 0 Å². The summed E-state index contributed by atoms with van der Waals surface area (Å²) in [5, 5.41) is 3.25. The smallest absolute Gasteiger partial charge is 0.208 e. The van der Waals surface area contributed by atoms with Crippen LogP contribution in [0.15, 0.2) is 22.7 Å². The molecule has 1 rings (SSSR count). The molecule has 0 atom stereocenters. The summed E-state index contributed by atoms with van der Waals surface area (Å²) < 4.78 is 30.4. The Balaban J connectivity index is 2.31. The van der Waals surface area contributed by atoms with Crippen molar-refractivity contribution in [2.45, 2.75) is 13.0 Å². The van der Waals surface area contributed by atoms with Gasteiger partial charge in [0, 0.05) is 23.1 Å². The van der Waals surface area contributed by atoms with E-state index in [-0.39, 0.29) is 0 Å². The molecule has 0 aliphatic carbocycles. The van der Waals surface area contributed by atoms with Crippen molar-refractivity contribution in [3.8, 4) is 5.75 Å². The largest absolute Gasteiger partial charge is 0.496 e. The Morgan fingerprint density at radius 2 is 2.05 bits per heavy atom. The Labute approximate surface area is 122 Å². The summed E-state index contributed by atoms with van der Waals surface area (Å²) in [7, 11) is -1.44. The summed E-state index contributed by atoms with van der Waals surface area (Å²) in [6, 6.07) is 5.84. The van der Waals surface area contributed by atoms with Crippen LogP contribution in [0.2, 0.25) is 0 Å². The predicted octanol–water partition coefficient (Wildman–Crippen LogP) is 1.49. The molecule has 0 saturated carbocycles. The van der Waals surface area contributed by atoms with Crippen molar-refractivity contribution in [3.05, 3.63) is 28.2 Å². The molecule has 1 aromatic carbocycles. The van der Waals surface area contributed by atoms with E-state index in [1.54, 1.807) is 7.11 Å². The van der Waals surface area contributed by atoms with Crippen molar-refractivity contribution in [1.82, 2.24) is 10.0 Å². The molecule has 7 heteroatoms. The van der Waals surface area contributed by atoms with E-state index in [2.05, 4.69) is 26.0 Å². The zero-order valence-electron chi connectivity index (χ0n) is 11.1. The van der Waals surface area contributed by atoms with Crippen molar-refractivity contribution in [3.63, 3.8) is 0 Å². The molecule has 0 fully saturated rings. The molecule has 0 aliphatic heterocycles. The van der Waals surface area contributed by atoms with Crippen LogP contribution in [0.5, 0.6) is 5.75 Å². The molecular formula is C12H19BrN2O3S. The van der Waals surface area contributed by atoms with E-state index in [0.29, 0.717) is 13.1 Å². The molecule has 108 valence electrons. The topological polar surface area (TPSA) is 67.4 Å². The van der Waals surface area contributed by atoms with Crippen LogP contribution in [0.25, 0.3) is 0 Å². The number of benzene rings is 1. The maximum absolute atomic E-state index is 10.9. The zero-order valence-corrected chi connectivity index (χ0v) is 13.5. The first-order valence-corrected chi connectivity index (χ1v) is 8.58. The minimum Gasteiger partial charge on any atom is -0.496 e. The summed E-state index contributed by atoms with van der Waals surface area (Å²) in [5.74, 6) is 0.838. The fourth-order valence-corrected chi connectivity index (χ4v) is 2.50. The van der Waals surface area contributed by atoms with Gasteiger partial charge in [-0.3, -0.25) is 0 Å². The van der Waals surface area contributed by atoms with Crippen LogP contribution in [0.3, 0.4) is 0 Å². The van der Waals surface area contributed by atoms with Gasteiger partial charge in [-0.1, -0.05) is 15.9 Å². The second kappa shape index (κ2) is 7.84. The molecule has 0 spiro atoms. The quantitative estimate of drug-likeness (QED) is 0.697. The summed E-state index contributed by atoms with van der Waals surface area (Å²) >= 11 is 3.42. The number of methoxy groups -OCH3 is 1. The van der Waals surface area contributed by atoms with Gasteiger partial charge in [0.1, 0.15) is 5.75 Å². The molecule has 0 aliphatic rings. The summed E-state index contributed by atoms with van der Waals surface area (Å²) in [5.41, 5.74) is 1.06. The van der Waals surface area contributed by atoms with Crippen LogP contribution in [-0.2, 0) is 16.6 Å². The highest BCUT2D eigenvalue weighted by Crippen LogP contribution is 2.22. The lowest BCUT2D eigenvalue weighted by atomic mass is 10.2. The number of halogens is 1. The SMILES string of the molecule is COc1ccc(Br)cc1CNCCCNS(C)(=O)=O. The monoisotopic (exact) mass is 350 g/mol. The lowest BCUT2D eigenvalue weighted by molar-refractivity contribution is 0.407. The summed E-state index contributed by atoms with van der Waals surface area (Å²) in [6.07, 6.45) is 1.90.